The molecule has 1 N–H and O–H groups in total. The highest BCUT2D eigenvalue weighted by molar-refractivity contribution is 5.73. The molecule has 0 aromatic heterocycles. The summed E-state index contributed by atoms with van der Waals surface area (Å²) in [6.07, 6.45) is 4.73. The van der Waals surface area contributed by atoms with E-state index < -0.39 is 0 Å². The molecule has 2 saturated heterocycles. The van der Waals surface area contributed by atoms with Crippen molar-refractivity contribution in [3.63, 3.8) is 0 Å². The summed E-state index contributed by atoms with van der Waals surface area (Å²) < 4.78 is 0. The molecule has 2 fully saturated rings. The van der Waals surface area contributed by atoms with Gasteiger partial charge in [0, 0.05) is 50.7 Å². The van der Waals surface area contributed by atoms with E-state index in [0.29, 0.717) is 17.6 Å². The Morgan fingerprint density at radius 3 is 1.80 bits per heavy atom. The van der Waals surface area contributed by atoms with Gasteiger partial charge >= 0.3 is 0 Å². The lowest BCUT2D eigenvalue weighted by molar-refractivity contribution is -0.129. The van der Waals surface area contributed by atoms with Crippen LogP contribution in [0.2, 0.25) is 0 Å². The third-order valence-electron chi connectivity index (χ3n) is 4.86. The fourth-order valence-corrected chi connectivity index (χ4v) is 3.41. The lowest BCUT2D eigenvalue weighted by Crippen LogP contribution is -2.53. The number of carbonyl (C=O) groups excluding carboxylic acids is 1. The van der Waals surface area contributed by atoms with Crippen LogP contribution in [0.25, 0.3) is 0 Å². The zero-order valence-corrected chi connectivity index (χ0v) is 13.6. The lowest BCUT2D eigenvalue weighted by atomic mass is 9.96. The fourth-order valence-electron chi connectivity index (χ4n) is 3.41. The Labute approximate surface area is 123 Å². The van der Waals surface area contributed by atoms with Crippen LogP contribution in [0.15, 0.2) is 0 Å². The summed E-state index contributed by atoms with van der Waals surface area (Å²) in [4.78, 5) is 15.9. The molecular weight excluding hydrogens is 250 g/mol. The summed E-state index contributed by atoms with van der Waals surface area (Å²) in [6.45, 7) is 12.8. The van der Waals surface area contributed by atoms with Gasteiger partial charge < -0.3 is 10.2 Å². The molecule has 0 atom stereocenters. The van der Waals surface area contributed by atoms with Crippen molar-refractivity contribution in [3.8, 4) is 0 Å². The van der Waals surface area contributed by atoms with Gasteiger partial charge in [-0.2, -0.15) is 0 Å². The summed E-state index contributed by atoms with van der Waals surface area (Å²) >= 11 is 0. The maximum absolute atomic E-state index is 11.3. The third kappa shape index (κ3) is 4.19. The normalized spacial score (nSPS) is 24.1. The molecule has 0 saturated carbocycles. The van der Waals surface area contributed by atoms with Gasteiger partial charge in [0.1, 0.15) is 0 Å². The maximum Gasteiger partial charge on any atom is 0.219 e. The molecule has 2 rings (SSSR count). The molecular formula is C16H31N3O. The van der Waals surface area contributed by atoms with Gasteiger partial charge in [0.15, 0.2) is 0 Å². The van der Waals surface area contributed by atoms with Crippen LogP contribution in [-0.4, -0.2) is 59.5 Å². The van der Waals surface area contributed by atoms with Crippen molar-refractivity contribution in [2.24, 2.45) is 0 Å². The van der Waals surface area contributed by atoms with Crippen LogP contribution in [0.4, 0.5) is 0 Å². The SMILES string of the molecule is CC(=O)N1CCC(NC2CCN(C(C)(C)C)CC2)CC1. The average molecular weight is 281 g/mol. The zero-order valence-electron chi connectivity index (χ0n) is 13.6. The van der Waals surface area contributed by atoms with Gasteiger partial charge in [-0.3, -0.25) is 9.69 Å². The topological polar surface area (TPSA) is 35.6 Å². The summed E-state index contributed by atoms with van der Waals surface area (Å²) in [5.41, 5.74) is 0.303. The third-order valence-corrected chi connectivity index (χ3v) is 4.86. The first-order chi connectivity index (χ1) is 9.36. The van der Waals surface area contributed by atoms with E-state index in [2.05, 4.69) is 31.0 Å². The highest BCUT2D eigenvalue weighted by Crippen LogP contribution is 2.21. The van der Waals surface area contributed by atoms with Crippen molar-refractivity contribution in [1.29, 1.82) is 0 Å². The second-order valence-electron chi connectivity index (χ2n) is 7.38. The van der Waals surface area contributed by atoms with Crippen molar-refractivity contribution in [2.75, 3.05) is 26.2 Å². The Hall–Kier alpha value is -0.610. The summed E-state index contributed by atoms with van der Waals surface area (Å²) in [5.74, 6) is 0.224. The first-order valence-corrected chi connectivity index (χ1v) is 8.13. The number of amides is 1. The number of nitrogens with zero attached hydrogens (tertiary/aromatic N) is 2. The van der Waals surface area contributed by atoms with E-state index in [0.717, 1.165) is 25.9 Å². The van der Waals surface area contributed by atoms with E-state index >= 15 is 0 Å². The monoisotopic (exact) mass is 281 g/mol. The molecule has 4 nitrogen and oxygen atoms in total. The van der Waals surface area contributed by atoms with E-state index in [9.17, 15) is 4.79 Å². The van der Waals surface area contributed by atoms with Crippen LogP contribution in [-0.2, 0) is 4.79 Å². The number of nitrogens with one attached hydrogen (secondary N) is 1. The van der Waals surface area contributed by atoms with E-state index in [-0.39, 0.29) is 5.91 Å². The first kappa shape index (κ1) is 15.8. The van der Waals surface area contributed by atoms with Crippen molar-refractivity contribution >= 4 is 5.91 Å². The van der Waals surface area contributed by atoms with E-state index in [1.165, 1.54) is 25.9 Å². The van der Waals surface area contributed by atoms with Gasteiger partial charge in [-0.05, 0) is 46.5 Å². The second kappa shape index (κ2) is 6.44. The van der Waals surface area contributed by atoms with Crippen LogP contribution >= 0.6 is 0 Å². The fraction of sp³-hybridized carbons (Fsp3) is 0.938. The van der Waals surface area contributed by atoms with Crippen molar-refractivity contribution < 1.29 is 4.79 Å². The standard InChI is InChI=1S/C16H31N3O/c1-13(20)18-9-5-14(6-10-18)17-15-7-11-19(12-8-15)16(2,3)4/h14-15,17H,5-12H2,1-4H3. The summed E-state index contributed by atoms with van der Waals surface area (Å²) in [5, 5.41) is 3.82. The number of hydrogen-bond donors (Lipinski definition) is 1. The molecule has 20 heavy (non-hydrogen) atoms. The molecule has 0 aliphatic carbocycles. The Bertz CT molecular complexity index is 321. The molecule has 0 radical (unpaired) electrons. The minimum atomic E-state index is 0.224. The Kier molecular flexibility index (Phi) is 5.08. The first-order valence-electron chi connectivity index (χ1n) is 8.13. The minimum absolute atomic E-state index is 0.224. The molecule has 0 aromatic rings. The van der Waals surface area contributed by atoms with Gasteiger partial charge in [0.25, 0.3) is 0 Å². The van der Waals surface area contributed by atoms with Crippen LogP contribution in [0.1, 0.15) is 53.4 Å². The smallest absolute Gasteiger partial charge is 0.219 e. The molecule has 0 spiro atoms. The highest BCUT2D eigenvalue weighted by Gasteiger charge is 2.29. The van der Waals surface area contributed by atoms with Crippen molar-refractivity contribution in [2.45, 2.75) is 71.0 Å². The molecule has 4 heteroatoms. The van der Waals surface area contributed by atoms with E-state index in [1.54, 1.807) is 6.92 Å². The Morgan fingerprint density at radius 1 is 0.950 bits per heavy atom. The van der Waals surface area contributed by atoms with Gasteiger partial charge in [0.2, 0.25) is 5.91 Å². The Balaban J connectivity index is 1.70. The van der Waals surface area contributed by atoms with Gasteiger partial charge in [0.05, 0.1) is 0 Å². The molecule has 2 heterocycles. The molecule has 0 bridgehead atoms. The minimum Gasteiger partial charge on any atom is -0.343 e. The molecule has 0 unspecified atom stereocenters. The second-order valence-corrected chi connectivity index (χ2v) is 7.38. The summed E-state index contributed by atoms with van der Waals surface area (Å²) in [6, 6.07) is 1.28. The number of hydrogen-bond acceptors (Lipinski definition) is 3. The van der Waals surface area contributed by atoms with E-state index in [4.69, 9.17) is 0 Å². The van der Waals surface area contributed by atoms with Gasteiger partial charge in [-0.15, -0.1) is 0 Å². The van der Waals surface area contributed by atoms with Crippen LogP contribution in [0, 0.1) is 0 Å². The molecule has 0 aromatic carbocycles. The van der Waals surface area contributed by atoms with Gasteiger partial charge in [-0.25, -0.2) is 0 Å². The number of likely N-dealkylation sites (tertiary alicyclic amines) is 2. The number of rotatable bonds is 2. The average Bonchev–Trinajstić information content (AvgIpc) is 2.39. The zero-order chi connectivity index (χ0) is 14.8. The maximum atomic E-state index is 11.3. The molecule has 1 amide bonds. The molecule has 2 aliphatic rings. The largest absolute Gasteiger partial charge is 0.343 e. The van der Waals surface area contributed by atoms with E-state index in [1.807, 2.05) is 4.90 Å². The predicted octanol–water partition coefficient (Wildman–Crippen LogP) is 1.85. The Morgan fingerprint density at radius 2 is 1.40 bits per heavy atom. The van der Waals surface area contributed by atoms with Crippen molar-refractivity contribution in [3.05, 3.63) is 0 Å². The van der Waals surface area contributed by atoms with Crippen molar-refractivity contribution in [1.82, 2.24) is 15.1 Å². The van der Waals surface area contributed by atoms with Crippen LogP contribution in [0.5, 0.6) is 0 Å². The van der Waals surface area contributed by atoms with Crippen LogP contribution < -0.4 is 5.32 Å². The highest BCUT2D eigenvalue weighted by atomic mass is 16.2. The molecule has 2 aliphatic heterocycles. The number of carbonyl (C=O) groups is 1. The van der Waals surface area contributed by atoms with Crippen LogP contribution in [0.3, 0.4) is 0 Å². The predicted molar refractivity (Wildman–Crippen MR) is 82.8 cm³/mol. The summed E-state index contributed by atoms with van der Waals surface area (Å²) in [7, 11) is 0. The number of piperidine rings is 2. The van der Waals surface area contributed by atoms with Gasteiger partial charge in [-0.1, -0.05) is 0 Å². The lowest BCUT2D eigenvalue weighted by Gasteiger charge is -2.42. The quantitative estimate of drug-likeness (QED) is 0.839. The molecule has 116 valence electrons.